The summed E-state index contributed by atoms with van der Waals surface area (Å²) in [7, 11) is 0. The zero-order chi connectivity index (χ0) is 24.8. The molecule has 0 radical (unpaired) electrons. The Balaban J connectivity index is 1.52. The Kier molecular flexibility index (Phi) is 7.27. The highest BCUT2D eigenvalue weighted by atomic mass is 16.5. The van der Waals surface area contributed by atoms with Crippen LogP contribution < -0.4 is 16.4 Å². The molecule has 1 atom stereocenters. The van der Waals surface area contributed by atoms with Crippen LogP contribution in [0, 0.1) is 5.41 Å². The molecule has 1 heterocycles. The molecule has 2 amide bonds. The summed E-state index contributed by atoms with van der Waals surface area (Å²) in [6.07, 6.45) is 0. The lowest BCUT2D eigenvalue weighted by molar-refractivity contribution is -0.117. The van der Waals surface area contributed by atoms with Crippen LogP contribution >= 0.6 is 0 Å². The fourth-order valence-corrected chi connectivity index (χ4v) is 3.81. The number of aromatic hydroxyl groups is 1. The van der Waals surface area contributed by atoms with Crippen molar-refractivity contribution in [1.82, 2.24) is 4.90 Å². The van der Waals surface area contributed by atoms with E-state index in [2.05, 4.69) is 10.6 Å². The van der Waals surface area contributed by atoms with Crippen LogP contribution in [0.15, 0.2) is 72.8 Å². The second-order valence-corrected chi connectivity index (χ2v) is 8.14. The van der Waals surface area contributed by atoms with Crippen molar-refractivity contribution >= 4 is 29.0 Å². The van der Waals surface area contributed by atoms with Crippen molar-refractivity contribution in [1.29, 1.82) is 5.41 Å². The molecule has 3 aromatic rings. The number of rotatable bonds is 7. The zero-order valence-corrected chi connectivity index (χ0v) is 19.0. The predicted molar refractivity (Wildman–Crippen MR) is 134 cm³/mol. The molecule has 1 unspecified atom stereocenters. The molecule has 0 aliphatic carbocycles. The van der Waals surface area contributed by atoms with Gasteiger partial charge in [-0.1, -0.05) is 24.3 Å². The fourth-order valence-electron chi connectivity index (χ4n) is 3.81. The van der Waals surface area contributed by atoms with Gasteiger partial charge >= 0.3 is 0 Å². The van der Waals surface area contributed by atoms with Crippen molar-refractivity contribution in [2.24, 2.45) is 5.73 Å². The van der Waals surface area contributed by atoms with Crippen LogP contribution in [-0.2, 0) is 9.53 Å². The van der Waals surface area contributed by atoms with E-state index in [1.165, 1.54) is 12.1 Å². The smallest absolute Gasteiger partial charge is 0.254 e. The first-order chi connectivity index (χ1) is 16.9. The van der Waals surface area contributed by atoms with Gasteiger partial charge in [-0.25, -0.2) is 0 Å². The van der Waals surface area contributed by atoms with Gasteiger partial charge in [0.05, 0.1) is 13.2 Å². The topological polar surface area (TPSA) is 141 Å². The van der Waals surface area contributed by atoms with E-state index < -0.39 is 6.04 Å². The van der Waals surface area contributed by atoms with Crippen molar-refractivity contribution in [3.8, 4) is 5.75 Å². The Hall–Kier alpha value is -4.37. The number of ether oxygens (including phenoxy) is 1. The molecule has 6 N–H and O–H groups in total. The third-order valence-electron chi connectivity index (χ3n) is 5.65. The average molecular weight is 474 g/mol. The van der Waals surface area contributed by atoms with E-state index in [1.54, 1.807) is 65.6 Å². The second-order valence-electron chi connectivity index (χ2n) is 8.14. The number of hydrogen-bond donors (Lipinski definition) is 5. The second kappa shape index (κ2) is 10.7. The quantitative estimate of drug-likeness (QED) is 0.264. The number of nitrogens with two attached hydrogens (primary N) is 1. The Bertz CT molecular complexity index is 1220. The molecule has 9 heteroatoms. The van der Waals surface area contributed by atoms with E-state index in [9.17, 15) is 14.7 Å². The van der Waals surface area contributed by atoms with Crippen LogP contribution in [-0.4, -0.2) is 54.0 Å². The number of carbonyl (C=O) groups excluding carboxylic acids is 2. The molecule has 4 rings (SSSR count). The van der Waals surface area contributed by atoms with Gasteiger partial charge in [-0.3, -0.25) is 15.0 Å². The van der Waals surface area contributed by atoms with Gasteiger partial charge in [0.15, 0.2) is 0 Å². The molecule has 1 aliphatic heterocycles. The summed E-state index contributed by atoms with van der Waals surface area (Å²) in [4.78, 5) is 27.7. The van der Waals surface area contributed by atoms with Crippen LogP contribution in [0.1, 0.15) is 27.5 Å². The highest BCUT2D eigenvalue weighted by molar-refractivity contribution is 5.99. The van der Waals surface area contributed by atoms with E-state index in [1.807, 2.05) is 0 Å². The van der Waals surface area contributed by atoms with E-state index in [4.69, 9.17) is 15.9 Å². The third kappa shape index (κ3) is 5.96. The van der Waals surface area contributed by atoms with Gasteiger partial charge in [0.1, 0.15) is 17.6 Å². The Morgan fingerprint density at radius 1 is 0.943 bits per heavy atom. The monoisotopic (exact) mass is 473 g/mol. The van der Waals surface area contributed by atoms with Gasteiger partial charge in [0.2, 0.25) is 0 Å². The van der Waals surface area contributed by atoms with Crippen molar-refractivity contribution < 1.29 is 19.4 Å². The minimum absolute atomic E-state index is 0.0329. The summed E-state index contributed by atoms with van der Waals surface area (Å²) in [6.45, 7) is 2.16. The molecule has 3 aromatic carbocycles. The minimum Gasteiger partial charge on any atom is -0.508 e. The summed E-state index contributed by atoms with van der Waals surface area (Å²) in [6, 6.07) is 19.2. The van der Waals surface area contributed by atoms with E-state index in [0.717, 1.165) is 0 Å². The average Bonchev–Trinajstić information content (AvgIpc) is 2.88. The number of nitrogen functional groups attached to an aromatic ring is 1. The highest BCUT2D eigenvalue weighted by Crippen LogP contribution is 2.25. The minimum atomic E-state index is -0.848. The molecule has 0 aromatic heterocycles. The Morgan fingerprint density at radius 2 is 1.66 bits per heavy atom. The van der Waals surface area contributed by atoms with Gasteiger partial charge in [-0.15, -0.1) is 0 Å². The van der Waals surface area contributed by atoms with Crippen molar-refractivity contribution in [2.45, 2.75) is 6.04 Å². The van der Waals surface area contributed by atoms with Crippen LogP contribution in [0.5, 0.6) is 5.75 Å². The van der Waals surface area contributed by atoms with Gasteiger partial charge in [-0.2, -0.15) is 0 Å². The molecule has 0 spiro atoms. The molecule has 1 fully saturated rings. The molecular weight excluding hydrogens is 446 g/mol. The maximum absolute atomic E-state index is 13.3. The van der Waals surface area contributed by atoms with Crippen molar-refractivity contribution in [2.75, 3.05) is 36.9 Å². The lowest BCUT2D eigenvalue weighted by Crippen LogP contribution is -2.40. The summed E-state index contributed by atoms with van der Waals surface area (Å²) in [5, 5.41) is 23.6. The maximum atomic E-state index is 13.3. The molecule has 9 nitrogen and oxygen atoms in total. The van der Waals surface area contributed by atoms with Gasteiger partial charge in [-0.05, 0) is 54.1 Å². The van der Waals surface area contributed by atoms with E-state index in [-0.39, 0.29) is 23.4 Å². The molecule has 1 aliphatic rings. The predicted octanol–water partition coefficient (Wildman–Crippen LogP) is 2.94. The van der Waals surface area contributed by atoms with Crippen molar-refractivity contribution in [3.05, 3.63) is 89.5 Å². The standard InChI is InChI=1S/C26H27N5O4/c27-24(28)19-4-1-5-21(15-19)29-23(18-3-2-6-22(32)16-18)25(33)30-20-9-7-17(8-10-20)26(34)31-11-13-35-14-12-31/h1-10,15-16,23,29,32H,11-14H2,(H3,27,28)(H,30,33). The number of nitrogens with zero attached hydrogens (tertiary/aromatic N) is 1. The SMILES string of the molecule is N=C(N)c1cccc(NC(C(=O)Nc2ccc(C(=O)N3CCOCC3)cc2)c2cccc(O)c2)c1. The Morgan fingerprint density at radius 3 is 2.34 bits per heavy atom. The fraction of sp³-hybridized carbons (Fsp3) is 0.192. The number of carbonyl (C=O) groups is 2. The molecule has 1 saturated heterocycles. The summed E-state index contributed by atoms with van der Waals surface area (Å²) < 4.78 is 5.30. The number of phenolic OH excluding ortho intramolecular Hbond substituents is 1. The van der Waals surface area contributed by atoms with Gasteiger partial charge in [0.25, 0.3) is 11.8 Å². The number of amidine groups is 1. The van der Waals surface area contributed by atoms with Crippen LogP contribution in [0.2, 0.25) is 0 Å². The number of nitrogens with one attached hydrogen (secondary N) is 3. The normalized spacial score (nSPS) is 14.1. The lowest BCUT2D eigenvalue weighted by atomic mass is 10.0. The number of morpholine rings is 1. The number of phenols is 1. The number of anilines is 2. The number of amides is 2. The molecule has 0 saturated carbocycles. The van der Waals surface area contributed by atoms with Crippen LogP contribution in [0.25, 0.3) is 0 Å². The molecular formula is C26H27N5O4. The summed E-state index contributed by atoms with van der Waals surface area (Å²) in [5.41, 5.74) is 8.32. The van der Waals surface area contributed by atoms with Crippen molar-refractivity contribution in [3.63, 3.8) is 0 Å². The Labute approximate surface area is 203 Å². The highest BCUT2D eigenvalue weighted by Gasteiger charge is 2.22. The molecule has 180 valence electrons. The number of benzene rings is 3. The first kappa shape index (κ1) is 23.8. The molecule has 35 heavy (non-hydrogen) atoms. The van der Waals surface area contributed by atoms with Crippen LogP contribution in [0.4, 0.5) is 11.4 Å². The summed E-state index contributed by atoms with van der Waals surface area (Å²) >= 11 is 0. The van der Waals surface area contributed by atoms with E-state index in [0.29, 0.717) is 54.4 Å². The first-order valence-corrected chi connectivity index (χ1v) is 11.2. The first-order valence-electron chi connectivity index (χ1n) is 11.2. The lowest BCUT2D eigenvalue weighted by Gasteiger charge is -2.27. The zero-order valence-electron chi connectivity index (χ0n) is 19.0. The van der Waals surface area contributed by atoms with Gasteiger partial charge in [0, 0.05) is 35.6 Å². The van der Waals surface area contributed by atoms with Crippen LogP contribution in [0.3, 0.4) is 0 Å². The largest absolute Gasteiger partial charge is 0.508 e. The number of hydrogen-bond acceptors (Lipinski definition) is 6. The van der Waals surface area contributed by atoms with E-state index >= 15 is 0 Å². The summed E-state index contributed by atoms with van der Waals surface area (Å²) in [5.74, 6) is -0.490. The maximum Gasteiger partial charge on any atom is 0.254 e. The third-order valence-corrected chi connectivity index (χ3v) is 5.65. The van der Waals surface area contributed by atoms with Gasteiger partial charge < -0.3 is 31.1 Å². The molecule has 0 bridgehead atoms.